The van der Waals surface area contributed by atoms with Crippen LogP contribution in [0.5, 0.6) is 0 Å². The molecule has 1 aliphatic rings. The maximum atomic E-state index is 12.9. The number of ether oxygens (including phenoxy) is 1. The van der Waals surface area contributed by atoms with Gasteiger partial charge in [-0.3, -0.25) is 0 Å². The van der Waals surface area contributed by atoms with E-state index in [1.54, 1.807) is 19.2 Å². The van der Waals surface area contributed by atoms with Gasteiger partial charge in [0.1, 0.15) is 5.82 Å². The Labute approximate surface area is 102 Å². The highest BCUT2D eigenvalue weighted by atomic mass is 19.1. The maximum Gasteiger partial charge on any atom is 0.123 e. The van der Waals surface area contributed by atoms with Crippen molar-refractivity contribution in [3.8, 4) is 0 Å². The van der Waals surface area contributed by atoms with Gasteiger partial charge in [0.25, 0.3) is 0 Å². The van der Waals surface area contributed by atoms with Crippen LogP contribution in [0.2, 0.25) is 0 Å². The van der Waals surface area contributed by atoms with Crippen LogP contribution in [0.3, 0.4) is 0 Å². The summed E-state index contributed by atoms with van der Waals surface area (Å²) in [7, 11) is 1.71. The van der Waals surface area contributed by atoms with E-state index in [0.29, 0.717) is 5.92 Å². The third kappa shape index (κ3) is 3.79. The Kier molecular flexibility index (Phi) is 4.51. The van der Waals surface area contributed by atoms with Crippen LogP contribution in [0.4, 0.5) is 4.39 Å². The Morgan fingerprint density at radius 2 is 2.06 bits per heavy atom. The average molecular weight is 237 g/mol. The molecule has 0 aliphatic heterocycles. The Bertz CT molecular complexity index is 335. The van der Waals surface area contributed by atoms with E-state index in [-0.39, 0.29) is 5.82 Å². The van der Waals surface area contributed by atoms with Gasteiger partial charge in [0.2, 0.25) is 0 Å². The van der Waals surface area contributed by atoms with Gasteiger partial charge in [0, 0.05) is 20.2 Å². The summed E-state index contributed by atoms with van der Waals surface area (Å²) >= 11 is 0. The van der Waals surface area contributed by atoms with E-state index in [1.807, 2.05) is 12.1 Å². The third-order valence-corrected chi connectivity index (χ3v) is 3.34. The van der Waals surface area contributed by atoms with E-state index >= 15 is 0 Å². The number of methoxy groups -OCH3 is 1. The van der Waals surface area contributed by atoms with Gasteiger partial charge in [0.15, 0.2) is 0 Å². The predicted molar refractivity (Wildman–Crippen MR) is 66.6 cm³/mol. The minimum Gasteiger partial charge on any atom is -0.383 e. The maximum absolute atomic E-state index is 12.9. The first kappa shape index (κ1) is 12.5. The molecule has 0 aromatic heterocycles. The molecule has 0 heterocycles. The second kappa shape index (κ2) is 6.12. The molecule has 1 fully saturated rings. The molecule has 17 heavy (non-hydrogen) atoms. The molecule has 1 saturated carbocycles. The molecule has 1 atom stereocenters. The molecule has 0 amide bonds. The largest absolute Gasteiger partial charge is 0.383 e. The number of hydrogen-bond donors (Lipinski definition) is 1. The Hall–Kier alpha value is -0.930. The van der Waals surface area contributed by atoms with E-state index in [2.05, 4.69) is 5.32 Å². The molecular formula is C14H20FNO. The molecule has 0 bridgehead atoms. The molecule has 3 heteroatoms. The molecule has 94 valence electrons. The minimum atomic E-state index is -0.157. The standard InChI is InChI=1S/C14H20FNO/c1-17-9-8-16-10-14(11-2-3-11)12-4-6-13(15)7-5-12/h4-7,11,14,16H,2-3,8-10H2,1H3. The van der Waals surface area contributed by atoms with Gasteiger partial charge in [-0.25, -0.2) is 4.39 Å². The normalized spacial score (nSPS) is 17.1. The third-order valence-electron chi connectivity index (χ3n) is 3.34. The van der Waals surface area contributed by atoms with E-state index in [0.717, 1.165) is 25.6 Å². The van der Waals surface area contributed by atoms with Crippen molar-refractivity contribution in [2.24, 2.45) is 5.92 Å². The van der Waals surface area contributed by atoms with Crippen LogP contribution in [0.1, 0.15) is 24.3 Å². The molecule has 0 radical (unpaired) electrons. The zero-order valence-electron chi connectivity index (χ0n) is 10.3. The molecule has 1 aromatic carbocycles. The predicted octanol–water partition coefficient (Wildman–Crippen LogP) is 2.56. The summed E-state index contributed by atoms with van der Waals surface area (Å²) < 4.78 is 17.9. The summed E-state index contributed by atoms with van der Waals surface area (Å²) in [6, 6.07) is 6.94. The SMILES string of the molecule is COCCNCC(c1ccc(F)cc1)C1CC1. The van der Waals surface area contributed by atoms with Crippen LogP contribution < -0.4 is 5.32 Å². The van der Waals surface area contributed by atoms with Crippen molar-refractivity contribution >= 4 is 0 Å². The van der Waals surface area contributed by atoms with E-state index < -0.39 is 0 Å². The summed E-state index contributed by atoms with van der Waals surface area (Å²) in [5.41, 5.74) is 1.25. The lowest BCUT2D eigenvalue weighted by atomic mass is 9.94. The summed E-state index contributed by atoms with van der Waals surface area (Å²) in [5, 5.41) is 3.40. The van der Waals surface area contributed by atoms with Crippen LogP contribution in [0.25, 0.3) is 0 Å². The van der Waals surface area contributed by atoms with Gasteiger partial charge in [-0.05, 0) is 42.4 Å². The van der Waals surface area contributed by atoms with E-state index in [9.17, 15) is 4.39 Å². The first-order valence-corrected chi connectivity index (χ1v) is 6.26. The van der Waals surface area contributed by atoms with Gasteiger partial charge in [0.05, 0.1) is 6.61 Å². The number of halogens is 1. The van der Waals surface area contributed by atoms with Crippen molar-refractivity contribution in [3.63, 3.8) is 0 Å². The van der Waals surface area contributed by atoms with Crippen molar-refractivity contribution in [1.82, 2.24) is 5.32 Å². The number of benzene rings is 1. The summed E-state index contributed by atoms with van der Waals surface area (Å²) in [4.78, 5) is 0. The first-order chi connectivity index (χ1) is 8.31. The van der Waals surface area contributed by atoms with Crippen molar-refractivity contribution < 1.29 is 9.13 Å². The van der Waals surface area contributed by atoms with E-state index in [4.69, 9.17) is 4.74 Å². The molecule has 1 N–H and O–H groups in total. The summed E-state index contributed by atoms with van der Waals surface area (Å²) in [6.07, 6.45) is 2.60. The van der Waals surface area contributed by atoms with Crippen LogP contribution in [-0.4, -0.2) is 26.8 Å². The Morgan fingerprint density at radius 1 is 1.35 bits per heavy atom. The highest BCUT2D eigenvalue weighted by Crippen LogP contribution is 2.42. The lowest BCUT2D eigenvalue weighted by molar-refractivity contribution is 0.198. The zero-order valence-corrected chi connectivity index (χ0v) is 10.3. The quantitative estimate of drug-likeness (QED) is 0.736. The lowest BCUT2D eigenvalue weighted by Crippen LogP contribution is -2.26. The van der Waals surface area contributed by atoms with Crippen molar-refractivity contribution in [3.05, 3.63) is 35.6 Å². The molecule has 1 unspecified atom stereocenters. The van der Waals surface area contributed by atoms with Crippen molar-refractivity contribution in [2.75, 3.05) is 26.8 Å². The van der Waals surface area contributed by atoms with Crippen LogP contribution in [0, 0.1) is 11.7 Å². The van der Waals surface area contributed by atoms with Crippen LogP contribution in [0.15, 0.2) is 24.3 Å². The van der Waals surface area contributed by atoms with E-state index in [1.165, 1.54) is 18.4 Å². The number of nitrogens with one attached hydrogen (secondary N) is 1. The molecule has 2 rings (SSSR count). The molecular weight excluding hydrogens is 217 g/mol. The van der Waals surface area contributed by atoms with Gasteiger partial charge in [-0.15, -0.1) is 0 Å². The molecule has 1 aliphatic carbocycles. The van der Waals surface area contributed by atoms with Crippen LogP contribution in [-0.2, 0) is 4.74 Å². The Morgan fingerprint density at radius 3 is 2.65 bits per heavy atom. The fourth-order valence-corrected chi connectivity index (χ4v) is 2.20. The molecule has 0 spiro atoms. The highest BCUT2D eigenvalue weighted by Gasteiger charge is 2.31. The monoisotopic (exact) mass is 237 g/mol. The number of rotatable bonds is 7. The van der Waals surface area contributed by atoms with Gasteiger partial charge in [-0.1, -0.05) is 12.1 Å². The molecule has 0 saturated heterocycles. The average Bonchev–Trinajstić information content (AvgIpc) is 3.15. The lowest BCUT2D eigenvalue weighted by Gasteiger charge is -2.17. The van der Waals surface area contributed by atoms with Gasteiger partial charge >= 0.3 is 0 Å². The molecule has 1 aromatic rings. The topological polar surface area (TPSA) is 21.3 Å². The van der Waals surface area contributed by atoms with Crippen LogP contribution >= 0.6 is 0 Å². The summed E-state index contributed by atoms with van der Waals surface area (Å²) in [6.45, 7) is 2.57. The van der Waals surface area contributed by atoms with Gasteiger partial charge in [-0.2, -0.15) is 0 Å². The van der Waals surface area contributed by atoms with Crippen molar-refractivity contribution in [1.29, 1.82) is 0 Å². The zero-order chi connectivity index (χ0) is 12.1. The fourth-order valence-electron chi connectivity index (χ4n) is 2.20. The first-order valence-electron chi connectivity index (χ1n) is 6.26. The fraction of sp³-hybridized carbons (Fsp3) is 0.571. The van der Waals surface area contributed by atoms with Gasteiger partial charge < -0.3 is 10.1 Å². The molecule has 2 nitrogen and oxygen atoms in total. The highest BCUT2D eigenvalue weighted by molar-refractivity contribution is 5.23. The number of hydrogen-bond acceptors (Lipinski definition) is 2. The second-order valence-corrected chi connectivity index (χ2v) is 4.69. The smallest absolute Gasteiger partial charge is 0.123 e. The van der Waals surface area contributed by atoms with Crippen molar-refractivity contribution in [2.45, 2.75) is 18.8 Å². The summed E-state index contributed by atoms with van der Waals surface area (Å²) in [5.74, 6) is 1.14. The minimum absolute atomic E-state index is 0.157. The second-order valence-electron chi connectivity index (χ2n) is 4.69. The Balaban J connectivity index is 1.90.